The van der Waals surface area contributed by atoms with Gasteiger partial charge in [0.05, 0.1) is 18.1 Å². The zero-order valence-corrected chi connectivity index (χ0v) is 20.4. The third kappa shape index (κ3) is 4.96. The Morgan fingerprint density at radius 1 is 0.943 bits per heavy atom. The third-order valence-corrected chi connectivity index (χ3v) is 6.74. The molecule has 0 radical (unpaired) electrons. The molecule has 3 aromatic carbocycles. The van der Waals surface area contributed by atoms with Gasteiger partial charge in [0.2, 0.25) is 0 Å². The standard InChI is InChI=1S/C26H18Cl3N3O3/c27-16-7-5-14(6-8-16)21-13-22(32-31-21)24(18-10-9-17(28)12-20(18)29)30-25(33)19-11-15-3-1-2-4-23(15)35-26(19)34/h1-12,21-22,24H,13H2,(H,30,33). The molecule has 0 saturated heterocycles. The van der Waals surface area contributed by atoms with Crippen LogP contribution in [0.15, 0.2) is 92.2 Å². The lowest BCUT2D eigenvalue weighted by atomic mass is 9.93. The van der Waals surface area contributed by atoms with Gasteiger partial charge in [-0.05, 0) is 47.5 Å². The Bertz CT molecular complexity index is 1500. The van der Waals surface area contributed by atoms with Crippen LogP contribution < -0.4 is 10.9 Å². The third-order valence-electron chi connectivity index (χ3n) is 5.93. The fourth-order valence-corrected chi connectivity index (χ4v) is 4.81. The minimum Gasteiger partial charge on any atom is -0.422 e. The molecule has 6 nitrogen and oxygen atoms in total. The van der Waals surface area contributed by atoms with Gasteiger partial charge in [0.25, 0.3) is 5.91 Å². The number of nitrogens with zero attached hydrogens (tertiary/aromatic N) is 2. The Balaban J connectivity index is 1.47. The SMILES string of the molecule is O=C(NC(c1ccc(Cl)cc1Cl)C1CC(c2ccc(Cl)cc2)N=N1)c1cc2ccccc2oc1=O. The van der Waals surface area contributed by atoms with Crippen LogP contribution in [-0.4, -0.2) is 11.9 Å². The number of hydrogen-bond donors (Lipinski definition) is 1. The second-order valence-corrected chi connectivity index (χ2v) is 9.48. The predicted octanol–water partition coefficient (Wildman–Crippen LogP) is 7.19. The highest BCUT2D eigenvalue weighted by molar-refractivity contribution is 6.35. The Labute approximate surface area is 215 Å². The van der Waals surface area contributed by atoms with Crippen molar-refractivity contribution in [1.82, 2.24) is 5.32 Å². The van der Waals surface area contributed by atoms with E-state index in [-0.39, 0.29) is 11.6 Å². The summed E-state index contributed by atoms with van der Waals surface area (Å²) in [5.41, 5.74) is 1.15. The lowest BCUT2D eigenvalue weighted by molar-refractivity contribution is 0.0927. The van der Waals surface area contributed by atoms with Crippen LogP contribution >= 0.6 is 34.8 Å². The zero-order chi connectivity index (χ0) is 24.5. The first-order chi connectivity index (χ1) is 16.9. The lowest BCUT2D eigenvalue weighted by Gasteiger charge is -2.24. The monoisotopic (exact) mass is 525 g/mol. The first kappa shape index (κ1) is 23.5. The summed E-state index contributed by atoms with van der Waals surface area (Å²) in [4.78, 5) is 25.9. The van der Waals surface area contributed by atoms with Gasteiger partial charge in [0.1, 0.15) is 11.1 Å². The molecule has 3 unspecified atom stereocenters. The second-order valence-electron chi connectivity index (χ2n) is 8.20. The predicted molar refractivity (Wildman–Crippen MR) is 137 cm³/mol. The number of benzene rings is 3. The van der Waals surface area contributed by atoms with Crippen molar-refractivity contribution in [2.75, 3.05) is 0 Å². The van der Waals surface area contributed by atoms with Crippen molar-refractivity contribution in [3.05, 3.63) is 115 Å². The summed E-state index contributed by atoms with van der Waals surface area (Å²) in [5, 5.41) is 13.9. The molecule has 0 bridgehead atoms. The van der Waals surface area contributed by atoms with Gasteiger partial charge in [-0.15, -0.1) is 0 Å². The van der Waals surface area contributed by atoms with Crippen LogP contribution in [0.4, 0.5) is 0 Å². The molecule has 35 heavy (non-hydrogen) atoms. The van der Waals surface area contributed by atoms with Crippen LogP contribution in [0.3, 0.4) is 0 Å². The van der Waals surface area contributed by atoms with Crippen molar-refractivity contribution in [2.45, 2.75) is 24.5 Å². The first-order valence-electron chi connectivity index (χ1n) is 10.8. The van der Waals surface area contributed by atoms with Gasteiger partial charge in [-0.2, -0.15) is 10.2 Å². The van der Waals surface area contributed by atoms with Crippen LogP contribution in [0.5, 0.6) is 0 Å². The Hall–Kier alpha value is -3.19. The molecule has 1 N–H and O–H groups in total. The summed E-state index contributed by atoms with van der Waals surface area (Å²) in [5.74, 6) is -0.592. The van der Waals surface area contributed by atoms with Gasteiger partial charge in [-0.25, -0.2) is 4.79 Å². The Kier molecular flexibility index (Phi) is 6.60. The molecule has 0 spiro atoms. The number of carbonyl (C=O) groups is 1. The maximum atomic E-state index is 13.3. The maximum absolute atomic E-state index is 13.3. The van der Waals surface area contributed by atoms with Gasteiger partial charge in [-0.1, -0.05) is 71.2 Å². The van der Waals surface area contributed by atoms with E-state index >= 15 is 0 Å². The number of halogens is 3. The van der Waals surface area contributed by atoms with Crippen LogP contribution in [0, 0.1) is 0 Å². The second kappa shape index (κ2) is 9.82. The van der Waals surface area contributed by atoms with E-state index in [1.54, 1.807) is 54.6 Å². The summed E-state index contributed by atoms with van der Waals surface area (Å²) in [7, 11) is 0. The molecule has 176 valence electrons. The van der Waals surface area contributed by atoms with Crippen LogP contribution in [-0.2, 0) is 0 Å². The summed E-state index contributed by atoms with van der Waals surface area (Å²) in [6, 6.07) is 19.7. The number of nitrogens with one attached hydrogen (secondary N) is 1. The molecule has 4 aromatic rings. The lowest BCUT2D eigenvalue weighted by Crippen LogP contribution is -2.37. The van der Waals surface area contributed by atoms with Crippen molar-refractivity contribution in [3.8, 4) is 0 Å². The van der Waals surface area contributed by atoms with Gasteiger partial charge >= 0.3 is 5.63 Å². The van der Waals surface area contributed by atoms with Crippen molar-refractivity contribution in [2.24, 2.45) is 10.2 Å². The van der Waals surface area contributed by atoms with Gasteiger partial charge in [0.15, 0.2) is 0 Å². The number of para-hydroxylation sites is 1. The number of rotatable bonds is 5. The molecule has 3 atom stereocenters. The molecule has 1 amide bonds. The number of fused-ring (bicyclic) bond motifs is 1. The summed E-state index contributed by atoms with van der Waals surface area (Å²) >= 11 is 18.6. The van der Waals surface area contributed by atoms with Crippen LogP contribution in [0.1, 0.15) is 40.0 Å². The Morgan fingerprint density at radius 3 is 2.46 bits per heavy atom. The average molecular weight is 527 g/mol. The van der Waals surface area contributed by atoms with Crippen molar-refractivity contribution < 1.29 is 9.21 Å². The van der Waals surface area contributed by atoms with Gasteiger partial charge in [-0.3, -0.25) is 4.79 Å². The maximum Gasteiger partial charge on any atom is 0.349 e. The molecule has 5 rings (SSSR count). The van der Waals surface area contributed by atoms with E-state index in [2.05, 4.69) is 15.5 Å². The minimum absolute atomic E-state index is 0.108. The fourth-order valence-electron chi connectivity index (χ4n) is 4.15. The van der Waals surface area contributed by atoms with Gasteiger partial charge in [0, 0.05) is 26.9 Å². The van der Waals surface area contributed by atoms with Gasteiger partial charge < -0.3 is 9.73 Å². The number of hydrogen-bond acceptors (Lipinski definition) is 5. The summed E-state index contributed by atoms with van der Waals surface area (Å²) in [6.45, 7) is 0. The minimum atomic E-state index is -0.728. The molecular weight excluding hydrogens is 509 g/mol. The van der Waals surface area contributed by atoms with Crippen molar-refractivity contribution in [1.29, 1.82) is 0 Å². The number of azo groups is 1. The molecule has 2 heterocycles. The molecule has 1 aliphatic rings. The van der Waals surface area contributed by atoms with E-state index in [4.69, 9.17) is 39.2 Å². The van der Waals surface area contributed by atoms with E-state index in [9.17, 15) is 9.59 Å². The van der Waals surface area contributed by atoms with E-state index in [1.165, 1.54) is 6.07 Å². The fraction of sp³-hybridized carbons (Fsp3) is 0.154. The molecule has 0 aliphatic carbocycles. The molecule has 0 saturated carbocycles. The first-order valence-corrected chi connectivity index (χ1v) is 12.0. The largest absolute Gasteiger partial charge is 0.422 e. The van der Waals surface area contributed by atoms with Crippen LogP contribution in [0.25, 0.3) is 11.0 Å². The number of amides is 1. The quantitative estimate of drug-likeness (QED) is 0.279. The van der Waals surface area contributed by atoms with E-state index in [0.29, 0.717) is 38.0 Å². The summed E-state index contributed by atoms with van der Waals surface area (Å²) < 4.78 is 5.34. The topological polar surface area (TPSA) is 84.0 Å². The highest BCUT2D eigenvalue weighted by atomic mass is 35.5. The molecule has 1 aliphatic heterocycles. The highest BCUT2D eigenvalue weighted by Gasteiger charge is 2.34. The van der Waals surface area contributed by atoms with E-state index in [1.807, 2.05) is 12.1 Å². The molecule has 9 heteroatoms. The van der Waals surface area contributed by atoms with Crippen molar-refractivity contribution in [3.63, 3.8) is 0 Å². The normalized spacial score (nSPS) is 18.0. The smallest absolute Gasteiger partial charge is 0.349 e. The van der Waals surface area contributed by atoms with E-state index in [0.717, 1.165) is 5.56 Å². The molecule has 1 aromatic heterocycles. The highest BCUT2D eigenvalue weighted by Crippen LogP contribution is 2.38. The van der Waals surface area contributed by atoms with Crippen molar-refractivity contribution >= 4 is 51.7 Å². The Morgan fingerprint density at radius 2 is 1.69 bits per heavy atom. The van der Waals surface area contributed by atoms with Crippen LogP contribution in [0.2, 0.25) is 15.1 Å². The molecule has 0 fully saturated rings. The average Bonchev–Trinajstić information content (AvgIpc) is 3.33. The number of carbonyl (C=O) groups excluding carboxylic acids is 1. The zero-order valence-electron chi connectivity index (χ0n) is 18.1. The van der Waals surface area contributed by atoms with E-state index < -0.39 is 23.6 Å². The molecular formula is C26H18Cl3N3O3. The summed E-state index contributed by atoms with van der Waals surface area (Å²) in [6.07, 6.45) is 0.526.